The van der Waals surface area contributed by atoms with E-state index in [1.807, 2.05) is 20.8 Å². The van der Waals surface area contributed by atoms with Crippen LogP contribution >= 0.6 is 0 Å². The van der Waals surface area contributed by atoms with Crippen LogP contribution in [0, 0.1) is 11.3 Å². The molecule has 0 bridgehead atoms. The van der Waals surface area contributed by atoms with Gasteiger partial charge in [0, 0.05) is 0 Å². The molecular formula is C14H26O4. The van der Waals surface area contributed by atoms with Crippen molar-refractivity contribution >= 4 is 11.9 Å². The summed E-state index contributed by atoms with van der Waals surface area (Å²) >= 11 is 0. The summed E-state index contributed by atoms with van der Waals surface area (Å²) in [6.07, 6.45) is 2.98. The second-order valence-electron chi connectivity index (χ2n) is 5.03. The van der Waals surface area contributed by atoms with Crippen LogP contribution in [-0.2, 0) is 19.1 Å². The summed E-state index contributed by atoms with van der Waals surface area (Å²) in [5, 5.41) is 0. The van der Waals surface area contributed by atoms with Gasteiger partial charge in [-0.3, -0.25) is 9.59 Å². The Morgan fingerprint density at radius 1 is 1.28 bits per heavy atom. The molecule has 0 rings (SSSR count). The zero-order valence-corrected chi connectivity index (χ0v) is 12.2. The maximum atomic E-state index is 11.7. The molecule has 4 heteroatoms. The molecule has 0 fully saturated rings. The number of carbonyl (C=O) groups is 2. The fraction of sp³-hybridized carbons (Fsp3) is 0.857. The second-order valence-corrected chi connectivity index (χ2v) is 5.03. The summed E-state index contributed by atoms with van der Waals surface area (Å²) < 4.78 is 9.95. The smallest absolute Gasteiger partial charge is 0.311 e. The third-order valence-electron chi connectivity index (χ3n) is 3.36. The lowest BCUT2D eigenvalue weighted by Crippen LogP contribution is -2.32. The van der Waals surface area contributed by atoms with Crippen molar-refractivity contribution in [3.8, 4) is 0 Å². The van der Waals surface area contributed by atoms with Crippen LogP contribution in [0.25, 0.3) is 0 Å². The van der Waals surface area contributed by atoms with E-state index in [1.165, 1.54) is 7.11 Å². The largest absolute Gasteiger partial charge is 0.469 e. The minimum Gasteiger partial charge on any atom is -0.469 e. The third kappa shape index (κ3) is 5.07. The van der Waals surface area contributed by atoms with Gasteiger partial charge >= 0.3 is 11.9 Å². The van der Waals surface area contributed by atoms with Crippen LogP contribution in [0.15, 0.2) is 0 Å². The molecule has 0 saturated carbocycles. The molecule has 4 nitrogen and oxygen atoms in total. The molecule has 0 aromatic rings. The maximum Gasteiger partial charge on any atom is 0.311 e. The van der Waals surface area contributed by atoms with E-state index in [0.717, 1.165) is 12.8 Å². The van der Waals surface area contributed by atoms with Crippen molar-refractivity contribution in [1.29, 1.82) is 0 Å². The average Bonchev–Trinajstić information content (AvgIpc) is 2.37. The number of unbranched alkanes of at least 4 members (excludes halogenated alkanes) is 1. The summed E-state index contributed by atoms with van der Waals surface area (Å²) in [7, 11) is 1.38. The highest BCUT2D eigenvalue weighted by molar-refractivity contribution is 5.78. The lowest BCUT2D eigenvalue weighted by molar-refractivity contribution is -0.156. The van der Waals surface area contributed by atoms with Gasteiger partial charge in [-0.25, -0.2) is 0 Å². The maximum absolute atomic E-state index is 11.7. The van der Waals surface area contributed by atoms with E-state index in [4.69, 9.17) is 9.47 Å². The summed E-state index contributed by atoms with van der Waals surface area (Å²) in [6.45, 7) is 8.05. The van der Waals surface area contributed by atoms with Crippen LogP contribution in [0.1, 0.15) is 53.4 Å². The van der Waals surface area contributed by atoms with Gasteiger partial charge in [-0.05, 0) is 26.2 Å². The number of rotatable bonds is 8. The quantitative estimate of drug-likeness (QED) is 0.496. The van der Waals surface area contributed by atoms with Crippen molar-refractivity contribution in [3.05, 3.63) is 0 Å². The molecule has 0 heterocycles. The summed E-state index contributed by atoms with van der Waals surface area (Å²) in [6, 6.07) is 0. The molecule has 0 aromatic carbocycles. The van der Waals surface area contributed by atoms with Crippen molar-refractivity contribution in [3.63, 3.8) is 0 Å². The highest BCUT2D eigenvalue weighted by Crippen LogP contribution is 2.31. The number of ether oxygens (including phenoxy) is 2. The highest BCUT2D eigenvalue weighted by atomic mass is 16.5. The number of hydrogen-bond donors (Lipinski definition) is 0. The van der Waals surface area contributed by atoms with Gasteiger partial charge in [0.15, 0.2) is 0 Å². The molecule has 2 unspecified atom stereocenters. The molecule has 18 heavy (non-hydrogen) atoms. The van der Waals surface area contributed by atoms with Crippen molar-refractivity contribution < 1.29 is 19.1 Å². The summed E-state index contributed by atoms with van der Waals surface area (Å²) in [5.74, 6) is -0.781. The van der Waals surface area contributed by atoms with Gasteiger partial charge in [-0.15, -0.1) is 0 Å². The Morgan fingerprint density at radius 2 is 1.89 bits per heavy atom. The van der Waals surface area contributed by atoms with E-state index >= 15 is 0 Å². The van der Waals surface area contributed by atoms with Gasteiger partial charge in [0.25, 0.3) is 0 Å². The van der Waals surface area contributed by atoms with Crippen LogP contribution < -0.4 is 0 Å². The van der Waals surface area contributed by atoms with Crippen LogP contribution in [0.3, 0.4) is 0 Å². The predicted molar refractivity (Wildman–Crippen MR) is 70.1 cm³/mol. The Morgan fingerprint density at radius 3 is 2.33 bits per heavy atom. The zero-order chi connectivity index (χ0) is 14.2. The van der Waals surface area contributed by atoms with Crippen LogP contribution in [0.4, 0.5) is 0 Å². The molecule has 0 aromatic heterocycles. The number of methoxy groups -OCH3 is 1. The second kappa shape index (κ2) is 8.11. The SMILES string of the molecule is CCCCOC(=O)C(C)CC(C)(CC)C(=O)OC. The Balaban J connectivity index is 4.38. The van der Waals surface area contributed by atoms with Crippen molar-refractivity contribution in [2.24, 2.45) is 11.3 Å². The standard InChI is InChI=1S/C14H26O4/c1-6-8-9-18-12(15)11(3)10-14(4,7-2)13(16)17-5/h11H,6-10H2,1-5H3. The molecule has 0 aliphatic rings. The van der Waals surface area contributed by atoms with E-state index < -0.39 is 5.41 Å². The van der Waals surface area contributed by atoms with Crippen molar-refractivity contribution in [1.82, 2.24) is 0 Å². The first-order valence-corrected chi connectivity index (χ1v) is 6.66. The molecule has 0 amide bonds. The van der Waals surface area contributed by atoms with Gasteiger partial charge < -0.3 is 9.47 Å². The number of carbonyl (C=O) groups excluding carboxylic acids is 2. The van der Waals surface area contributed by atoms with E-state index in [0.29, 0.717) is 19.4 Å². The average molecular weight is 258 g/mol. The Kier molecular flexibility index (Phi) is 7.64. The normalized spacial score (nSPS) is 15.6. The Hall–Kier alpha value is -1.06. The zero-order valence-electron chi connectivity index (χ0n) is 12.2. The Bertz CT molecular complexity index is 275. The summed E-state index contributed by atoms with van der Waals surface area (Å²) in [4.78, 5) is 23.5. The van der Waals surface area contributed by atoms with Gasteiger partial charge in [-0.1, -0.05) is 27.2 Å². The lowest BCUT2D eigenvalue weighted by atomic mass is 9.79. The van der Waals surface area contributed by atoms with E-state index in [2.05, 4.69) is 0 Å². The van der Waals surface area contributed by atoms with Crippen molar-refractivity contribution in [2.75, 3.05) is 13.7 Å². The minimum atomic E-state index is -0.613. The monoisotopic (exact) mass is 258 g/mol. The highest BCUT2D eigenvalue weighted by Gasteiger charge is 2.36. The first kappa shape index (κ1) is 16.9. The fourth-order valence-electron chi connectivity index (χ4n) is 1.84. The van der Waals surface area contributed by atoms with E-state index in [9.17, 15) is 9.59 Å². The van der Waals surface area contributed by atoms with E-state index in [-0.39, 0.29) is 17.9 Å². The van der Waals surface area contributed by atoms with Gasteiger partial charge in [-0.2, -0.15) is 0 Å². The molecular weight excluding hydrogens is 232 g/mol. The molecule has 0 saturated heterocycles. The first-order valence-electron chi connectivity index (χ1n) is 6.66. The molecule has 106 valence electrons. The van der Waals surface area contributed by atoms with Crippen molar-refractivity contribution in [2.45, 2.75) is 53.4 Å². The molecule has 2 atom stereocenters. The third-order valence-corrected chi connectivity index (χ3v) is 3.36. The van der Waals surface area contributed by atoms with Gasteiger partial charge in [0.2, 0.25) is 0 Å². The number of hydrogen-bond acceptors (Lipinski definition) is 4. The first-order chi connectivity index (χ1) is 8.41. The van der Waals surface area contributed by atoms with Crippen LogP contribution in [0.5, 0.6) is 0 Å². The van der Waals surface area contributed by atoms with Crippen LogP contribution in [-0.4, -0.2) is 25.7 Å². The van der Waals surface area contributed by atoms with Gasteiger partial charge in [0.05, 0.1) is 25.0 Å². The molecule has 0 N–H and O–H groups in total. The topological polar surface area (TPSA) is 52.6 Å². The minimum absolute atomic E-state index is 0.230. The molecule has 0 spiro atoms. The molecule has 0 aliphatic carbocycles. The van der Waals surface area contributed by atoms with Gasteiger partial charge in [0.1, 0.15) is 0 Å². The Labute approximate surface area is 110 Å². The number of esters is 2. The summed E-state index contributed by atoms with van der Waals surface area (Å²) in [5.41, 5.74) is -0.613. The van der Waals surface area contributed by atoms with Crippen LogP contribution in [0.2, 0.25) is 0 Å². The molecule has 0 aliphatic heterocycles. The lowest BCUT2D eigenvalue weighted by Gasteiger charge is -2.27. The van der Waals surface area contributed by atoms with E-state index in [1.54, 1.807) is 6.92 Å². The molecule has 0 radical (unpaired) electrons. The fourth-order valence-corrected chi connectivity index (χ4v) is 1.84. The predicted octanol–water partition coefficient (Wildman–Crippen LogP) is 2.95.